The minimum Gasteiger partial charge on any atom is -0.353 e. The number of anilines is 2. The Kier molecular flexibility index (Phi) is 5.55. The van der Waals surface area contributed by atoms with Crippen LogP contribution in [0, 0.1) is 0 Å². The molecular weight excluding hydrogens is 368 g/mol. The van der Waals surface area contributed by atoms with Gasteiger partial charge in [0.15, 0.2) is 5.65 Å². The Morgan fingerprint density at radius 1 is 1.14 bits per heavy atom. The van der Waals surface area contributed by atoms with Gasteiger partial charge in [-0.2, -0.15) is 5.10 Å². The molecule has 1 unspecified atom stereocenters. The van der Waals surface area contributed by atoms with E-state index in [2.05, 4.69) is 35.2 Å². The van der Waals surface area contributed by atoms with E-state index in [1.807, 2.05) is 38.2 Å². The van der Waals surface area contributed by atoms with E-state index in [0.29, 0.717) is 5.65 Å². The average molecular weight is 394 g/mol. The topological polar surface area (TPSA) is 92.1 Å². The van der Waals surface area contributed by atoms with Crippen molar-refractivity contribution in [1.29, 1.82) is 0 Å². The lowest BCUT2D eigenvalue weighted by molar-refractivity contribution is -0.122. The van der Waals surface area contributed by atoms with E-state index in [1.165, 1.54) is 0 Å². The van der Waals surface area contributed by atoms with Gasteiger partial charge in [0, 0.05) is 38.4 Å². The molecule has 9 heteroatoms. The van der Waals surface area contributed by atoms with Gasteiger partial charge in [0.05, 0.1) is 11.6 Å². The molecule has 3 aromatic rings. The fourth-order valence-corrected chi connectivity index (χ4v) is 3.50. The molecule has 1 aliphatic rings. The highest BCUT2D eigenvalue weighted by molar-refractivity contribution is 5.88. The number of hydrogen-bond acceptors (Lipinski definition) is 7. The molecule has 0 saturated carbocycles. The van der Waals surface area contributed by atoms with Gasteiger partial charge in [-0.25, -0.2) is 19.6 Å². The van der Waals surface area contributed by atoms with Crippen LogP contribution < -0.4 is 15.1 Å². The number of aromatic nitrogens is 5. The molecule has 4 heterocycles. The summed E-state index contributed by atoms with van der Waals surface area (Å²) < 4.78 is 1.64. The molecule has 3 aromatic heterocycles. The van der Waals surface area contributed by atoms with Crippen molar-refractivity contribution in [3.63, 3.8) is 0 Å². The number of carbonyl (C=O) groups is 1. The van der Waals surface area contributed by atoms with Gasteiger partial charge < -0.3 is 15.1 Å². The highest BCUT2D eigenvalue weighted by atomic mass is 16.2. The molecule has 152 valence electrons. The molecule has 1 atom stereocenters. The maximum Gasteiger partial charge on any atom is 0.242 e. The first-order chi connectivity index (χ1) is 14.2. The maximum atomic E-state index is 12.2. The van der Waals surface area contributed by atoms with Gasteiger partial charge in [-0.05, 0) is 25.5 Å². The summed E-state index contributed by atoms with van der Waals surface area (Å²) in [5.74, 6) is 1.80. The number of rotatable bonds is 6. The van der Waals surface area contributed by atoms with Gasteiger partial charge >= 0.3 is 0 Å². The molecule has 1 N–H and O–H groups in total. The Morgan fingerprint density at radius 2 is 1.93 bits per heavy atom. The number of pyridine rings is 1. The average Bonchev–Trinajstić information content (AvgIpc) is 3.17. The normalized spacial score (nSPS) is 15.5. The molecule has 1 fully saturated rings. The lowest BCUT2D eigenvalue weighted by Gasteiger charge is -2.36. The Balaban J connectivity index is 1.48. The van der Waals surface area contributed by atoms with Gasteiger partial charge in [0.25, 0.3) is 0 Å². The molecule has 1 amide bonds. The summed E-state index contributed by atoms with van der Waals surface area (Å²) >= 11 is 0. The van der Waals surface area contributed by atoms with Crippen LogP contribution in [0.4, 0.5) is 11.6 Å². The molecule has 0 spiro atoms. The minimum atomic E-state index is -0.0616. The number of piperazine rings is 1. The first-order valence-electron chi connectivity index (χ1n) is 10.0. The predicted octanol–water partition coefficient (Wildman–Crippen LogP) is 1.46. The summed E-state index contributed by atoms with van der Waals surface area (Å²) in [7, 11) is 0. The van der Waals surface area contributed by atoms with Crippen molar-refractivity contribution in [1.82, 2.24) is 30.0 Å². The van der Waals surface area contributed by atoms with E-state index >= 15 is 0 Å². The maximum absolute atomic E-state index is 12.2. The second-order valence-electron chi connectivity index (χ2n) is 7.28. The molecule has 29 heavy (non-hydrogen) atoms. The zero-order valence-corrected chi connectivity index (χ0v) is 16.8. The number of hydrogen-bond donors (Lipinski definition) is 1. The molecule has 4 rings (SSSR count). The molecule has 1 aliphatic heterocycles. The van der Waals surface area contributed by atoms with Crippen molar-refractivity contribution < 1.29 is 4.79 Å². The Bertz CT molecular complexity index is 965. The lowest BCUT2D eigenvalue weighted by Crippen LogP contribution is -2.47. The van der Waals surface area contributed by atoms with Crippen LogP contribution in [0.15, 0.2) is 36.9 Å². The van der Waals surface area contributed by atoms with E-state index in [0.717, 1.165) is 49.6 Å². The zero-order chi connectivity index (χ0) is 20.2. The quantitative estimate of drug-likeness (QED) is 0.677. The summed E-state index contributed by atoms with van der Waals surface area (Å²) in [6.07, 6.45) is 6.02. The van der Waals surface area contributed by atoms with E-state index in [1.54, 1.807) is 17.2 Å². The van der Waals surface area contributed by atoms with E-state index in [9.17, 15) is 4.79 Å². The van der Waals surface area contributed by atoms with Crippen LogP contribution in [0.1, 0.15) is 20.3 Å². The second-order valence-corrected chi connectivity index (χ2v) is 7.28. The third-order valence-electron chi connectivity index (χ3n) is 5.28. The lowest BCUT2D eigenvalue weighted by atomic mass is 10.2. The van der Waals surface area contributed by atoms with Crippen molar-refractivity contribution in [3.05, 3.63) is 36.9 Å². The van der Waals surface area contributed by atoms with Gasteiger partial charge in [0.1, 0.15) is 24.5 Å². The summed E-state index contributed by atoms with van der Waals surface area (Å²) in [6.45, 7) is 7.59. The number of carbonyl (C=O) groups excluding carboxylic acids is 1. The Hall–Kier alpha value is -3.23. The zero-order valence-electron chi connectivity index (χ0n) is 16.8. The third kappa shape index (κ3) is 4.13. The molecule has 1 saturated heterocycles. The molecule has 0 bridgehead atoms. The first kappa shape index (κ1) is 19.1. The number of fused-ring (bicyclic) bond motifs is 1. The Morgan fingerprint density at radius 3 is 2.66 bits per heavy atom. The molecule has 9 nitrogen and oxygen atoms in total. The van der Waals surface area contributed by atoms with Gasteiger partial charge in [-0.3, -0.25) is 4.79 Å². The first-order valence-corrected chi connectivity index (χ1v) is 10.0. The van der Waals surface area contributed by atoms with Crippen LogP contribution in [0.5, 0.6) is 0 Å². The highest BCUT2D eigenvalue weighted by Gasteiger charge is 2.22. The molecule has 0 aromatic carbocycles. The summed E-state index contributed by atoms with van der Waals surface area (Å²) in [5.41, 5.74) is 0.682. The van der Waals surface area contributed by atoms with Crippen LogP contribution in [-0.4, -0.2) is 62.9 Å². The second kappa shape index (κ2) is 8.42. The summed E-state index contributed by atoms with van der Waals surface area (Å²) in [5, 5.41) is 8.23. The van der Waals surface area contributed by atoms with E-state index in [4.69, 9.17) is 0 Å². The van der Waals surface area contributed by atoms with Crippen molar-refractivity contribution in [3.8, 4) is 0 Å². The monoisotopic (exact) mass is 394 g/mol. The standard InChI is InChI=1S/C20H26N8O/c1-3-15(2)25-18(29)13-28-20-16(12-24-28)19(22-14-23-20)27-10-8-26(9-11-27)17-6-4-5-7-21-17/h4-7,12,14-15H,3,8-11,13H2,1-2H3,(H,25,29). The van der Waals surface area contributed by atoms with Crippen LogP contribution >= 0.6 is 0 Å². The SMILES string of the molecule is CCC(C)NC(=O)Cn1ncc2c(N3CCN(c4ccccn4)CC3)ncnc21. The van der Waals surface area contributed by atoms with Gasteiger partial charge in [-0.15, -0.1) is 0 Å². The number of nitrogens with one attached hydrogen (secondary N) is 1. The molecular formula is C20H26N8O. The largest absolute Gasteiger partial charge is 0.353 e. The fraction of sp³-hybridized carbons (Fsp3) is 0.450. The van der Waals surface area contributed by atoms with Crippen LogP contribution in [0.25, 0.3) is 11.0 Å². The van der Waals surface area contributed by atoms with Crippen LogP contribution in [0.2, 0.25) is 0 Å². The van der Waals surface area contributed by atoms with Gasteiger partial charge in [0.2, 0.25) is 5.91 Å². The van der Waals surface area contributed by atoms with Gasteiger partial charge in [-0.1, -0.05) is 13.0 Å². The fourth-order valence-electron chi connectivity index (χ4n) is 3.50. The summed E-state index contributed by atoms with van der Waals surface area (Å²) in [6, 6.07) is 6.12. The highest BCUT2D eigenvalue weighted by Crippen LogP contribution is 2.24. The minimum absolute atomic E-state index is 0.0616. The molecule has 0 aliphatic carbocycles. The van der Waals surface area contributed by atoms with Crippen LogP contribution in [0.3, 0.4) is 0 Å². The number of amides is 1. The third-order valence-corrected chi connectivity index (χ3v) is 5.28. The predicted molar refractivity (Wildman–Crippen MR) is 112 cm³/mol. The van der Waals surface area contributed by atoms with Crippen LogP contribution in [-0.2, 0) is 11.3 Å². The molecule has 0 radical (unpaired) electrons. The van der Waals surface area contributed by atoms with Crippen molar-refractivity contribution >= 4 is 28.6 Å². The van der Waals surface area contributed by atoms with Crippen molar-refractivity contribution in [2.75, 3.05) is 36.0 Å². The smallest absolute Gasteiger partial charge is 0.242 e. The Labute approximate surface area is 169 Å². The van der Waals surface area contributed by atoms with E-state index < -0.39 is 0 Å². The number of nitrogens with zero attached hydrogens (tertiary/aromatic N) is 7. The van der Waals surface area contributed by atoms with Crippen molar-refractivity contribution in [2.24, 2.45) is 0 Å². The summed E-state index contributed by atoms with van der Waals surface area (Å²) in [4.78, 5) is 30.1. The van der Waals surface area contributed by atoms with E-state index in [-0.39, 0.29) is 18.5 Å². The van der Waals surface area contributed by atoms with Crippen molar-refractivity contribution in [2.45, 2.75) is 32.9 Å².